The van der Waals surface area contributed by atoms with Crippen LogP contribution < -0.4 is 5.73 Å². The van der Waals surface area contributed by atoms with E-state index in [0.717, 1.165) is 5.56 Å². The van der Waals surface area contributed by atoms with Crippen LogP contribution in [0.3, 0.4) is 0 Å². The number of aliphatic imine (C=N–C) groups is 1. The van der Waals surface area contributed by atoms with Crippen molar-refractivity contribution in [1.29, 1.82) is 0 Å². The maximum absolute atomic E-state index is 11.5. The molecule has 1 amide bonds. The minimum atomic E-state index is -0.291. The standard InChI is InChI=1S/C10H12N2OS/c1-7-4-3-5-8(6-7)9(13)12-10(11)14-2/h3-6H,1-2H3,(H2,11,12,13). The molecular weight excluding hydrogens is 196 g/mol. The van der Waals surface area contributed by atoms with Crippen LogP contribution in [0.25, 0.3) is 0 Å². The number of amides is 1. The summed E-state index contributed by atoms with van der Waals surface area (Å²) < 4.78 is 0. The van der Waals surface area contributed by atoms with E-state index in [1.54, 1.807) is 18.4 Å². The van der Waals surface area contributed by atoms with Gasteiger partial charge in [-0.15, -0.1) is 0 Å². The fraction of sp³-hybridized carbons (Fsp3) is 0.200. The number of nitrogens with zero attached hydrogens (tertiary/aromatic N) is 1. The lowest BCUT2D eigenvalue weighted by Gasteiger charge is -1.98. The molecule has 0 unspecified atom stereocenters. The van der Waals surface area contributed by atoms with Gasteiger partial charge in [0.1, 0.15) is 0 Å². The van der Waals surface area contributed by atoms with Crippen molar-refractivity contribution in [3.63, 3.8) is 0 Å². The second kappa shape index (κ2) is 4.81. The molecule has 0 fully saturated rings. The van der Waals surface area contributed by atoms with Crippen molar-refractivity contribution in [1.82, 2.24) is 0 Å². The summed E-state index contributed by atoms with van der Waals surface area (Å²) >= 11 is 1.26. The molecule has 1 aromatic rings. The maximum atomic E-state index is 11.5. The Morgan fingerprint density at radius 1 is 1.50 bits per heavy atom. The Labute approximate surface area is 87.4 Å². The average Bonchev–Trinajstić information content (AvgIpc) is 2.17. The van der Waals surface area contributed by atoms with Crippen molar-refractivity contribution >= 4 is 22.8 Å². The molecule has 2 N–H and O–H groups in total. The predicted octanol–water partition coefficient (Wildman–Crippen LogP) is 1.81. The molecule has 14 heavy (non-hydrogen) atoms. The first-order valence-electron chi connectivity index (χ1n) is 4.12. The molecule has 0 aliphatic heterocycles. The number of hydrogen-bond acceptors (Lipinski definition) is 2. The summed E-state index contributed by atoms with van der Waals surface area (Å²) in [6, 6.07) is 7.28. The molecular formula is C10H12N2OS. The van der Waals surface area contributed by atoms with Gasteiger partial charge in [-0.25, -0.2) is 0 Å². The Hall–Kier alpha value is -1.29. The van der Waals surface area contributed by atoms with E-state index in [1.807, 2.05) is 19.1 Å². The minimum Gasteiger partial charge on any atom is -0.378 e. The van der Waals surface area contributed by atoms with Gasteiger partial charge in [0.15, 0.2) is 5.17 Å². The van der Waals surface area contributed by atoms with Crippen molar-refractivity contribution in [3.8, 4) is 0 Å². The first-order valence-corrected chi connectivity index (χ1v) is 5.35. The zero-order valence-corrected chi connectivity index (χ0v) is 8.97. The number of aryl methyl sites for hydroxylation is 1. The molecule has 0 bridgehead atoms. The Kier molecular flexibility index (Phi) is 3.71. The maximum Gasteiger partial charge on any atom is 0.279 e. The molecule has 0 spiro atoms. The SMILES string of the molecule is CSC(N)=NC(=O)c1cccc(C)c1. The van der Waals surface area contributed by atoms with E-state index in [9.17, 15) is 4.79 Å². The molecule has 0 atom stereocenters. The number of hydrogen-bond donors (Lipinski definition) is 1. The molecule has 0 aliphatic rings. The van der Waals surface area contributed by atoms with Crippen LogP contribution >= 0.6 is 11.8 Å². The summed E-state index contributed by atoms with van der Waals surface area (Å²) in [5.74, 6) is -0.291. The normalized spacial score (nSPS) is 11.4. The van der Waals surface area contributed by atoms with Crippen molar-refractivity contribution in [2.45, 2.75) is 6.92 Å². The number of nitrogens with two attached hydrogens (primary N) is 1. The molecule has 0 saturated carbocycles. The zero-order valence-electron chi connectivity index (χ0n) is 8.15. The molecule has 0 saturated heterocycles. The third-order valence-electron chi connectivity index (χ3n) is 1.69. The topological polar surface area (TPSA) is 55.4 Å². The Morgan fingerprint density at radius 3 is 2.79 bits per heavy atom. The lowest BCUT2D eigenvalue weighted by molar-refractivity contribution is 0.100. The highest BCUT2D eigenvalue weighted by atomic mass is 32.2. The van der Waals surface area contributed by atoms with E-state index in [0.29, 0.717) is 5.56 Å². The summed E-state index contributed by atoms with van der Waals surface area (Å²) in [6.45, 7) is 1.93. The third kappa shape index (κ3) is 2.88. The van der Waals surface area contributed by atoms with Crippen LogP contribution in [0.4, 0.5) is 0 Å². The monoisotopic (exact) mass is 208 g/mol. The van der Waals surface area contributed by atoms with Gasteiger partial charge >= 0.3 is 0 Å². The first-order chi connectivity index (χ1) is 6.63. The highest BCUT2D eigenvalue weighted by Gasteiger charge is 2.03. The fourth-order valence-corrected chi connectivity index (χ4v) is 1.16. The van der Waals surface area contributed by atoms with Crippen LogP contribution in [0.5, 0.6) is 0 Å². The summed E-state index contributed by atoms with van der Waals surface area (Å²) in [5, 5.41) is 0.288. The van der Waals surface area contributed by atoms with Crippen molar-refractivity contribution in [2.24, 2.45) is 10.7 Å². The summed E-state index contributed by atoms with van der Waals surface area (Å²) in [5.41, 5.74) is 7.05. The second-order valence-corrected chi connectivity index (χ2v) is 3.66. The van der Waals surface area contributed by atoms with Gasteiger partial charge in [-0.1, -0.05) is 29.5 Å². The Morgan fingerprint density at radius 2 is 2.21 bits per heavy atom. The van der Waals surface area contributed by atoms with Crippen LogP contribution in [0.2, 0.25) is 0 Å². The molecule has 0 aromatic heterocycles. The molecule has 4 heteroatoms. The van der Waals surface area contributed by atoms with Crippen molar-refractivity contribution in [3.05, 3.63) is 35.4 Å². The van der Waals surface area contributed by atoms with Gasteiger partial charge in [-0.05, 0) is 25.3 Å². The van der Waals surface area contributed by atoms with Gasteiger partial charge in [0, 0.05) is 5.56 Å². The Bertz CT molecular complexity index is 374. The molecule has 0 aliphatic carbocycles. The smallest absolute Gasteiger partial charge is 0.279 e. The van der Waals surface area contributed by atoms with Crippen molar-refractivity contribution < 1.29 is 4.79 Å². The van der Waals surface area contributed by atoms with E-state index in [1.165, 1.54) is 11.8 Å². The highest BCUT2D eigenvalue weighted by Crippen LogP contribution is 2.06. The van der Waals surface area contributed by atoms with Gasteiger partial charge in [0.05, 0.1) is 0 Å². The van der Waals surface area contributed by atoms with E-state index in [2.05, 4.69) is 4.99 Å². The molecule has 3 nitrogen and oxygen atoms in total. The molecule has 0 radical (unpaired) electrons. The number of amidine groups is 1. The van der Waals surface area contributed by atoms with E-state index < -0.39 is 0 Å². The Balaban J connectivity index is 2.90. The minimum absolute atomic E-state index is 0.288. The third-order valence-corrected chi connectivity index (χ3v) is 2.20. The average molecular weight is 208 g/mol. The highest BCUT2D eigenvalue weighted by molar-refractivity contribution is 8.13. The lowest BCUT2D eigenvalue weighted by atomic mass is 10.1. The van der Waals surface area contributed by atoms with Crippen LogP contribution in [0.1, 0.15) is 15.9 Å². The number of carbonyl (C=O) groups excluding carboxylic acids is 1. The number of rotatable bonds is 1. The second-order valence-electron chi connectivity index (χ2n) is 2.83. The first kappa shape index (κ1) is 10.8. The fourth-order valence-electron chi connectivity index (χ4n) is 0.988. The van der Waals surface area contributed by atoms with E-state index >= 15 is 0 Å². The summed E-state index contributed by atoms with van der Waals surface area (Å²) in [7, 11) is 0. The summed E-state index contributed by atoms with van der Waals surface area (Å²) in [6.07, 6.45) is 1.78. The van der Waals surface area contributed by atoms with Crippen LogP contribution in [0.15, 0.2) is 29.3 Å². The molecule has 1 aromatic carbocycles. The quantitative estimate of drug-likeness (QED) is 0.565. The van der Waals surface area contributed by atoms with Gasteiger partial charge in [0.2, 0.25) is 0 Å². The van der Waals surface area contributed by atoms with E-state index in [-0.39, 0.29) is 11.1 Å². The number of benzene rings is 1. The molecule has 1 rings (SSSR count). The summed E-state index contributed by atoms with van der Waals surface area (Å²) in [4.78, 5) is 15.2. The van der Waals surface area contributed by atoms with Gasteiger partial charge in [-0.2, -0.15) is 4.99 Å². The van der Waals surface area contributed by atoms with Crippen LogP contribution in [-0.4, -0.2) is 17.3 Å². The van der Waals surface area contributed by atoms with Gasteiger partial charge in [-0.3, -0.25) is 4.79 Å². The largest absolute Gasteiger partial charge is 0.378 e. The molecule has 74 valence electrons. The van der Waals surface area contributed by atoms with Crippen LogP contribution in [0, 0.1) is 6.92 Å². The lowest BCUT2D eigenvalue weighted by Crippen LogP contribution is -2.09. The zero-order chi connectivity index (χ0) is 10.6. The predicted molar refractivity (Wildman–Crippen MR) is 60.6 cm³/mol. The van der Waals surface area contributed by atoms with Gasteiger partial charge in [0.25, 0.3) is 5.91 Å². The van der Waals surface area contributed by atoms with Crippen molar-refractivity contribution in [2.75, 3.05) is 6.26 Å². The number of thioether (sulfide) groups is 1. The number of carbonyl (C=O) groups is 1. The van der Waals surface area contributed by atoms with Gasteiger partial charge < -0.3 is 5.73 Å². The van der Waals surface area contributed by atoms with Crippen LogP contribution in [-0.2, 0) is 0 Å². The van der Waals surface area contributed by atoms with E-state index in [4.69, 9.17) is 5.73 Å². The molecule has 0 heterocycles.